The molecule has 1 fully saturated rings. The van der Waals surface area contributed by atoms with Gasteiger partial charge in [0.1, 0.15) is 11.3 Å². The summed E-state index contributed by atoms with van der Waals surface area (Å²) in [6.45, 7) is 1.53. The maximum Gasteiger partial charge on any atom is 0.270 e. The maximum atomic E-state index is 13.2. The predicted octanol–water partition coefficient (Wildman–Crippen LogP) is 5.15. The van der Waals surface area contributed by atoms with E-state index in [4.69, 9.17) is 40.2 Å². The Morgan fingerprint density at radius 1 is 1.08 bits per heavy atom. The third kappa shape index (κ3) is 5.73. The SMILES string of the molecule is Cc1ccc(NC(=O)COc2ccc(Cl)cc2/C=C2/C(=O)NC(=S)N(c3ccccc3)C2=O)cc1Cl. The number of aryl methyl sites for hydroxylation is 1. The van der Waals surface area contributed by atoms with Gasteiger partial charge in [-0.05, 0) is 73.2 Å². The monoisotopic (exact) mass is 539 g/mol. The van der Waals surface area contributed by atoms with Gasteiger partial charge in [0.05, 0.1) is 5.69 Å². The van der Waals surface area contributed by atoms with Gasteiger partial charge >= 0.3 is 0 Å². The summed E-state index contributed by atoms with van der Waals surface area (Å²) in [7, 11) is 0. The van der Waals surface area contributed by atoms with Crippen molar-refractivity contribution in [2.24, 2.45) is 0 Å². The van der Waals surface area contributed by atoms with Gasteiger partial charge < -0.3 is 10.1 Å². The molecule has 0 saturated carbocycles. The molecule has 182 valence electrons. The van der Waals surface area contributed by atoms with Crippen LogP contribution in [0.5, 0.6) is 5.75 Å². The Morgan fingerprint density at radius 2 is 1.83 bits per heavy atom. The van der Waals surface area contributed by atoms with Gasteiger partial charge in [-0.15, -0.1) is 0 Å². The van der Waals surface area contributed by atoms with Crippen molar-refractivity contribution in [3.63, 3.8) is 0 Å². The molecule has 0 aliphatic carbocycles. The van der Waals surface area contributed by atoms with E-state index in [0.717, 1.165) is 5.56 Å². The first kappa shape index (κ1) is 25.4. The molecule has 0 unspecified atom stereocenters. The molecule has 7 nitrogen and oxygen atoms in total. The van der Waals surface area contributed by atoms with Crippen LogP contribution in [0, 0.1) is 6.92 Å². The van der Waals surface area contributed by atoms with Crippen LogP contribution in [0.2, 0.25) is 10.0 Å². The van der Waals surface area contributed by atoms with Gasteiger partial charge in [-0.25, -0.2) is 0 Å². The van der Waals surface area contributed by atoms with Gasteiger partial charge in [0, 0.05) is 21.3 Å². The van der Waals surface area contributed by atoms with E-state index in [1.807, 2.05) is 6.92 Å². The Hall–Kier alpha value is -3.72. The van der Waals surface area contributed by atoms with Crippen molar-refractivity contribution in [3.05, 3.63) is 93.5 Å². The van der Waals surface area contributed by atoms with Crippen LogP contribution < -0.4 is 20.3 Å². The van der Waals surface area contributed by atoms with Crippen LogP contribution >= 0.6 is 35.4 Å². The summed E-state index contributed by atoms with van der Waals surface area (Å²) in [5, 5.41) is 6.09. The largest absolute Gasteiger partial charge is 0.483 e. The standard InChI is InChI=1S/C26H19Cl2N3O4S/c1-15-7-9-18(13-21(15)28)29-23(32)14-35-22-10-8-17(27)11-16(22)12-20-24(33)30-26(36)31(25(20)34)19-5-3-2-4-6-19/h2-13H,14H2,1H3,(H,29,32)(H,30,33,36)/b20-12-. The fraction of sp³-hybridized carbons (Fsp3) is 0.0769. The molecule has 0 radical (unpaired) electrons. The third-order valence-electron chi connectivity index (χ3n) is 5.20. The van der Waals surface area contributed by atoms with Crippen LogP contribution in [0.1, 0.15) is 11.1 Å². The van der Waals surface area contributed by atoms with Crippen molar-refractivity contribution in [2.45, 2.75) is 6.92 Å². The number of carbonyl (C=O) groups excluding carboxylic acids is 3. The van der Waals surface area contributed by atoms with Crippen LogP contribution in [0.15, 0.2) is 72.3 Å². The number of amides is 3. The summed E-state index contributed by atoms with van der Waals surface area (Å²) in [6, 6.07) is 18.5. The van der Waals surface area contributed by atoms with E-state index in [1.54, 1.807) is 60.7 Å². The minimum atomic E-state index is -0.655. The quantitative estimate of drug-likeness (QED) is 0.257. The number of nitrogens with zero attached hydrogens (tertiary/aromatic N) is 1. The van der Waals surface area contributed by atoms with Crippen molar-refractivity contribution in [2.75, 3.05) is 16.8 Å². The molecule has 3 aromatic carbocycles. The molecule has 0 aromatic heterocycles. The van der Waals surface area contributed by atoms with Crippen LogP contribution in [0.4, 0.5) is 11.4 Å². The first-order valence-electron chi connectivity index (χ1n) is 10.7. The van der Waals surface area contributed by atoms with Crippen LogP contribution in [0.25, 0.3) is 6.08 Å². The van der Waals surface area contributed by atoms with E-state index in [-0.39, 0.29) is 23.0 Å². The number of carbonyl (C=O) groups is 3. The number of anilines is 2. The van der Waals surface area contributed by atoms with Crippen LogP contribution in [-0.4, -0.2) is 29.4 Å². The molecule has 0 bridgehead atoms. The second-order valence-corrected chi connectivity index (χ2v) is 9.01. The summed E-state index contributed by atoms with van der Waals surface area (Å²) in [6.07, 6.45) is 1.36. The molecule has 3 amide bonds. The number of rotatable bonds is 6. The number of para-hydroxylation sites is 1. The number of ether oxygens (including phenoxy) is 1. The van der Waals surface area contributed by atoms with Crippen LogP contribution in [-0.2, 0) is 14.4 Å². The van der Waals surface area contributed by atoms with Gasteiger partial charge in [-0.2, -0.15) is 0 Å². The van der Waals surface area contributed by atoms with E-state index in [1.165, 1.54) is 17.0 Å². The average Bonchev–Trinajstić information content (AvgIpc) is 2.84. The Kier molecular flexibility index (Phi) is 7.69. The predicted molar refractivity (Wildman–Crippen MR) is 144 cm³/mol. The fourth-order valence-corrected chi connectivity index (χ4v) is 4.04. The highest BCUT2D eigenvalue weighted by Crippen LogP contribution is 2.28. The summed E-state index contributed by atoms with van der Waals surface area (Å²) < 4.78 is 5.69. The molecular weight excluding hydrogens is 521 g/mol. The topological polar surface area (TPSA) is 87.7 Å². The molecule has 36 heavy (non-hydrogen) atoms. The van der Waals surface area contributed by atoms with E-state index in [2.05, 4.69) is 10.6 Å². The second-order valence-electron chi connectivity index (χ2n) is 7.78. The number of halogens is 2. The highest BCUT2D eigenvalue weighted by atomic mass is 35.5. The third-order valence-corrected chi connectivity index (χ3v) is 6.13. The molecule has 0 spiro atoms. The van der Waals surface area contributed by atoms with E-state index in [9.17, 15) is 14.4 Å². The molecule has 1 heterocycles. The zero-order valence-corrected chi connectivity index (χ0v) is 21.2. The minimum absolute atomic E-state index is 0.0243. The van der Waals surface area contributed by atoms with E-state index < -0.39 is 17.7 Å². The summed E-state index contributed by atoms with van der Waals surface area (Å²) in [5.41, 5.74) is 2.09. The van der Waals surface area contributed by atoms with Crippen LogP contribution in [0.3, 0.4) is 0 Å². The average molecular weight is 540 g/mol. The summed E-state index contributed by atoms with van der Waals surface area (Å²) in [5.74, 6) is -1.42. The lowest BCUT2D eigenvalue weighted by Crippen LogP contribution is -2.54. The maximum absolute atomic E-state index is 13.2. The van der Waals surface area contributed by atoms with Gasteiger partial charge in [-0.3, -0.25) is 24.6 Å². The molecule has 10 heteroatoms. The molecule has 1 aliphatic rings. The Labute approximate surface area is 222 Å². The molecule has 1 aliphatic heterocycles. The zero-order valence-electron chi connectivity index (χ0n) is 18.9. The molecule has 2 N–H and O–H groups in total. The molecule has 1 saturated heterocycles. The van der Waals surface area contributed by atoms with Gasteiger partial charge in [0.2, 0.25) is 0 Å². The van der Waals surface area contributed by atoms with Crippen molar-refractivity contribution in [3.8, 4) is 5.75 Å². The lowest BCUT2D eigenvalue weighted by atomic mass is 10.1. The highest BCUT2D eigenvalue weighted by Gasteiger charge is 2.34. The highest BCUT2D eigenvalue weighted by molar-refractivity contribution is 7.80. The minimum Gasteiger partial charge on any atom is -0.483 e. The molecule has 3 aromatic rings. The zero-order chi connectivity index (χ0) is 25.8. The second kappa shape index (κ2) is 10.9. The van der Waals surface area contributed by atoms with Crippen molar-refractivity contribution >= 4 is 75.7 Å². The number of hydrogen-bond donors (Lipinski definition) is 2. The first-order valence-corrected chi connectivity index (χ1v) is 11.8. The normalized spacial score (nSPS) is 14.6. The molecule has 4 rings (SSSR count). The number of thiocarbonyl (C=S) groups is 1. The van der Waals surface area contributed by atoms with Gasteiger partial charge in [0.15, 0.2) is 11.7 Å². The van der Waals surface area contributed by atoms with Gasteiger partial charge in [-0.1, -0.05) is 47.5 Å². The van der Waals surface area contributed by atoms with Crippen molar-refractivity contribution < 1.29 is 19.1 Å². The van der Waals surface area contributed by atoms with Crippen molar-refractivity contribution in [1.82, 2.24) is 5.32 Å². The summed E-state index contributed by atoms with van der Waals surface area (Å²) in [4.78, 5) is 39.5. The van der Waals surface area contributed by atoms with Crippen molar-refractivity contribution in [1.29, 1.82) is 0 Å². The summed E-state index contributed by atoms with van der Waals surface area (Å²) >= 11 is 17.5. The Bertz CT molecular complexity index is 1410. The Morgan fingerprint density at radius 3 is 2.56 bits per heavy atom. The lowest BCUT2D eigenvalue weighted by molar-refractivity contribution is -0.122. The Balaban J connectivity index is 1.56. The van der Waals surface area contributed by atoms with E-state index in [0.29, 0.717) is 27.0 Å². The van der Waals surface area contributed by atoms with Gasteiger partial charge in [0.25, 0.3) is 17.7 Å². The lowest BCUT2D eigenvalue weighted by Gasteiger charge is -2.29. The number of hydrogen-bond acceptors (Lipinski definition) is 5. The molecule has 0 atom stereocenters. The number of nitrogens with one attached hydrogen (secondary N) is 2. The smallest absolute Gasteiger partial charge is 0.270 e. The molecular formula is C26H19Cl2N3O4S. The fourth-order valence-electron chi connectivity index (χ4n) is 3.40. The van der Waals surface area contributed by atoms with E-state index >= 15 is 0 Å². The first-order chi connectivity index (χ1) is 17.2. The number of benzene rings is 3.